The molecule has 0 aromatic heterocycles. The summed E-state index contributed by atoms with van der Waals surface area (Å²) in [5.74, 6) is 0.282. The Hall–Kier alpha value is -0.790. The molecule has 1 atom stereocenters. The van der Waals surface area contributed by atoms with Crippen molar-refractivity contribution in [1.29, 1.82) is 0 Å². The van der Waals surface area contributed by atoms with Crippen molar-refractivity contribution < 1.29 is 4.79 Å². The van der Waals surface area contributed by atoms with E-state index >= 15 is 0 Å². The lowest BCUT2D eigenvalue weighted by Crippen LogP contribution is -2.38. The second-order valence-electron chi connectivity index (χ2n) is 3.85. The Morgan fingerprint density at radius 3 is 2.08 bits per heavy atom. The minimum atomic E-state index is 0.0964. The van der Waals surface area contributed by atoms with Crippen LogP contribution >= 0.6 is 0 Å². The predicted molar refractivity (Wildman–Crippen MR) is 56.3 cm³/mol. The largest absolute Gasteiger partial charge is 0.314 e. The second-order valence-corrected chi connectivity index (χ2v) is 3.85. The van der Waals surface area contributed by atoms with Gasteiger partial charge in [0.05, 0.1) is 0 Å². The fraction of sp³-hybridized carbons (Fsp3) is 0.727. The number of allylic oxidation sites excluding steroid dienone is 1. The summed E-state index contributed by atoms with van der Waals surface area (Å²) in [7, 11) is 0. The number of amides is 1. The van der Waals surface area contributed by atoms with Crippen LogP contribution in [0, 0.1) is 5.92 Å². The number of nitrogens with zero attached hydrogens (tertiary/aromatic N) is 1. The average Bonchev–Trinajstić information content (AvgIpc) is 2.01. The van der Waals surface area contributed by atoms with E-state index in [-0.39, 0.29) is 17.9 Å². The summed E-state index contributed by atoms with van der Waals surface area (Å²) in [6.45, 7) is 13.7. The number of rotatable bonds is 4. The molecule has 0 bridgehead atoms. The first-order valence-electron chi connectivity index (χ1n) is 4.90. The zero-order chi connectivity index (χ0) is 10.6. The first-order chi connectivity index (χ1) is 5.91. The number of hydrogen-bond acceptors (Lipinski definition) is 1. The maximum atomic E-state index is 11.8. The van der Waals surface area contributed by atoms with Crippen LogP contribution in [0.2, 0.25) is 0 Å². The Labute approximate surface area is 81.6 Å². The van der Waals surface area contributed by atoms with E-state index in [4.69, 9.17) is 0 Å². The molecule has 1 unspecified atom stereocenters. The monoisotopic (exact) mass is 183 g/mol. The fourth-order valence-electron chi connectivity index (χ4n) is 1.30. The van der Waals surface area contributed by atoms with Crippen LogP contribution in [0.3, 0.4) is 0 Å². The van der Waals surface area contributed by atoms with Crippen molar-refractivity contribution in [2.45, 2.75) is 47.1 Å². The molecule has 1 amide bonds. The smallest absolute Gasteiger partial charge is 0.229 e. The van der Waals surface area contributed by atoms with Crippen LogP contribution in [0.25, 0.3) is 0 Å². The maximum absolute atomic E-state index is 11.8. The van der Waals surface area contributed by atoms with E-state index in [0.29, 0.717) is 0 Å². The van der Waals surface area contributed by atoms with Gasteiger partial charge in [0.25, 0.3) is 0 Å². The molecule has 0 aliphatic heterocycles. The molecule has 0 spiro atoms. The fourth-order valence-corrected chi connectivity index (χ4v) is 1.30. The van der Waals surface area contributed by atoms with Crippen LogP contribution in [-0.2, 0) is 4.79 Å². The first-order valence-corrected chi connectivity index (χ1v) is 4.90. The molecule has 0 heterocycles. The Bertz CT molecular complexity index is 196. The van der Waals surface area contributed by atoms with Gasteiger partial charge < -0.3 is 4.90 Å². The lowest BCUT2D eigenvalue weighted by molar-refractivity contribution is -0.134. The lowest BCUT2D eigenvalue weighted by Gasteiger charge is -2.29. The molecule has 0 rings (SSSR count). The third kappa shape index (κ3) is 3.21. The molecule has 0 radical (unpaired) electrons. The van der Waals surface area contributed by atoms with Crippen LogP contribution in [0.15, 0.2) is 12.3 Å². The molecule has 2 heteroatoms. The van der Waals surface area contributed by atoms with Gasteiger partial charge in [0.15, 0.2) is 0 Å². The highest BCUT2D eigenvalue weighted by molar-refractivity contribution is 5.80. The average molecular weight is 183 g/mol. The third-order valence-corrected chi connectivity index (χ3v) is 2.20. The van der Waals surface area contributed by atoms with Crippen molar-refractivity contribution in [3.05, 3.63) is 12.3 Å². The molecule has 0 N–H and O–H groups in total. The van der Waals surface area contributed by atoms with E-state index < -0.39 is 0 Å². The Morgan fingerprint density at radius 1 is 1.38 bits per heavy atom. The van der Waals surface area contributed by atoms with Crippen molar-refractivity contribution in [3.8, 4) is 0 Å². The van der Waals surface area contributed by atoms with Crippen molar-refractivity contribution in [1.82, 2.24) is 4.90 Å². The summed E-state index contributed by atoms with van der Waals surface area (Å²) in [5, 5.41) is 0. The van der Waals surface area contributed by atoms with Crippen LogP contribution in [-0.4, -0.2) is 16.8 Å². The Balaban J connectivity index is 4.56. The predicted octanol–water partition coefficient (Wildman–Crippen LogP) is 2.80. The number of carbonyl (C=O) groups excluding carboxylic acids is 1. The summed E-state index contributed by atoms with van der Waals surface area (Å²) >= 11 is 0. The van der Waals surface area contributed by atoms with Crippen molar-refractivity contribution in [3.63, 3.8) is 0 Å². The van der Waals surface area contributed by atoms with Crippen molar-refractivity contribution >= 4 is 5.91 Å². The van der Waals surface area contributed by atoms with Crippen LogP contribution < -0.4 is 0 Å². The summed E-state index contributed by atoms with van der Waals surface area (Å²) < 4.78 is 0. The van der Waals surface area contributed by atoms with E-state index in [1.54, 1.807) is 4.90 Å². The molecule has 76 valence electrons. The standard InChI is InChI=1S/C11H21NO/c1-7-10(6)11(13)12(8(2)3)9(4)5/h9-10H,2,7H2,1,3-6H3. The Kier molecular flexibility index (Phi) is 4.74. The van der Waals surface area contributed by atoms with E-state index in [0.717, 1.165) is 12.1 Å². The van der Waals surface area contributed by atoms with Gasteiger partial charge in [-0.3, -0.25) is 4.79 Å². The van der Waals surface area contributed by atoms with E-state index in [1.165, 1.54) is 0 Å². The second kappa shape index (κ2) is 5.05. The third-order valence-electron chi connectivity index (χ3n) is 2.20. The molecule has 13 heavy (non-hydrogen) atoms. The molecule has 0 aliphatic rings. The molecule has 0 aromatic rings. The van der Waals surface area contributed by atoms with Gasteiger partial charge in [-0.15, -0.1) is 0 Å². The topological polar surface area (TPSA) is 20.3 Å². The quantitative estimate of drug-likeness (QED) is 0.656. The SMILES string of the molecule is C=C(C)N(C(=O)C(C)CC)C(C)C. The van der Waals surface area contributed by atoms with Gasteiger partial charge in [0, 0.05) is 17.7 Å². The normalized spacial score (nSPS) is 12.8. The summed E-state index contributed by atoms with van der Waals surface area (Å²) in [5.41, 5.74) is 0.834. The summed E-state index contributed by atoms with van der Waals surface area (Å²) in [6.07, 6.45) is 0.884. The first kappa shape index (κ1) is 12.2. The maximum Gasteiger partial charge on any atom is 0.229 e. The van der Waals surface area contributed by atoms with Crippen LogP contribution in [0.5, 0.6) is 0 Å². The summed E-state index contributed by atoms with van der Waals surface area (Å²) in [6, 6.07) is 0.207. The molecule has 0 fully saturated rings. The zero-order valence-corrected chi connectivity index (χ0v) is 9.42. The van der Waals surface area contributed by atoms with E-state index in [1.807, 2.05) is 34.6 Å². The zero-order valence-electron chi connectivity index (χ0n) is 9.42. The van der Waals surface area contributed by atoms with Gasteiger partial charge in [-0.1, -0.05) is 20.4 Å². The molecule has 0 saturated heterocycles. The molecule has 0 saturated carbocycles. The van der Waals surface area contributed by atoms with Gasteiger partial charge >= 0.3 is 0 Å². The van der Waals surface area contributed by atoms with E-state index in [9.17, 15) is 4.79 Å². The van der Waals surface area contributed by atoms with Crippen molar-refractivity contribution in [2.75, 3.05) is 0 Å². The van der Waals surface area contributed by atoms with Gasteiger partial charge in [0.1, 0.15) is 0 Å². The number of carbonyl (C=O) groups is 1. The molecule has 0 aromatic carbocycles. The molecular formula is C11H21NO. The van der Waals surface area contributed by atoms with Gasteiger partial charge in [-0.2, -0.15) is 0 Å². The lowest BCUT2D eigenvalue weighted by atomic mass is 10.1. The van der Waals surface area contributed by atoms with Crippen LogP contribution in [0.4, 0.5) is 0 Å². The highest BCUT2D eigenvalue weighted by Crippen LogP contribution is 2.14. The van der Waals surface area contributed by atoms with Gasteiger partial charge in [0.2, 0.25) is 5.91 Å². The van der Waals surface area contributed by atoms with E-state index in [2.05, 4.69) is 6.58 Å². The van der Waals surface area contributed by atoms with Crippen molar-refractivity contribution in [2.24, 2.45) is 5.92 Å². The molecular weight excluding hydrogens is 162 g/mol. The minimum absolute atomic E-state index is 0.0964. The van der Waals surface area contributed by atoms with Crippen LogP contribution in [0.1, 0.15) is 41.0 Å². The minimum Gasteiger partial charge on any atom is -0.314 e. The summed E-state index contributed by atoms with van der Waals surface area (Å²) in [4.78, 5) is 13.6. The van der Waals surface area contributed by atoms with Gasteiger partial charge in [-0.25, -0.2) is 0 Å². The highest BCUT2D eigenvalue weighted by atomic mass is 16.2. The number of hydrogen-bond donors (Lipinski definition) is 0. The van der Waals surface area contributed by atoms with Gasteiger partial charge in [-0.05, 0) is 27.2 Å². The molecule has 0 aliphatic carbocycles. The molecule has 2 nitrogen and oxygen atoms in total. The highest BCUT2D eigenvalue weighted by Gasteiger charge is 2.21. The Morgan fingerprint density at radius 2 is 1.85 bits per heavy atom.